The lowest BCUT2D eigenvalue weighted by Crippen LogP contribution is -2.29. The average molecular weight is 388 g/mol. The fraction of sp³-hybridized carbons (Fsp3) is 0.286. The Labute approximate surface area is 162 Å². The molecular weight excluding hydrogens is 369 g/mol. The highest BCUT2D eigenvalue weighted by molar-refractivity contribution is 6.32. The molecule has 140 valence electrons. The van der Waals surface area contributed by atoms with Gasteiger partial charge in [0.2, 0.25) is 5.91 Å². The van der Waals surface area contributed by atoms with Crippen LogP contribution in [0.1, 0.15) is 30.0 Å². The maximum Gasteiger partial charge on any atom is 0.247 e. The summed E-state index contributed by atoms with van der Waals surface area (Å²) in [6.45, 7) is 1.73. The smallest absolute Gasteiger partial charge is 0.247 e. The normalized spacial score (nSPS) is 18.9. The minimum Gasteiger partial charge on any atom is -0.486 e. The molecule has 1 atom stereocenters. The second kappa shape index (κ2) is 7.61. The van der Waals surface area contributed by atoms with Crippen molar-refractivity contribution in [2.75, 3.05) is 19.8 Å². The molecule has 0 aliphatic carbocycles. The van der Waals surface area contributed by atoms with E-state index in [-0.39, 0.29) is 22.5 Å². The predicted molar refractivity (Wildman–Crippen MR) is 102 cm³/mol. The summed E-state index contributed by atoms with van der Waals surface area (Å²) in [5, 5.41) is 0.281. The van der Waals surface area contributed by atoms with Gasteiger partial charge in [-0.25, -0.2) is 4.39 Å². The monoisotopic (exact) mass is 387 g/mol. The van der Waals surface area contributed by atoms with E-state index in [1.54, 1.807) is 11.0 Å². The molecule has 27 heavy (non-hydrogen) atoms. The lowest BCUT2D eigenvalue weighted by molar-refractivity contribution is -0.126. The number of hydrogen-bond donors (Lipinski definition) is 0. The number of fused-ring (bicyclic) bond motifs is 1. The van der Waals surface area contributed by atoms with Crippen molar-refractivity contribution in [1.29, 1.82) is 0 Å². The van der Waals surface area contributed by atoms with Crippen LogP contribution in [0.25, 0.3) is 6.08 Å². The molecule has 0 bridgehead atoms. The highest BCUT2D eigenvalue weighted by atomic mass is 35.5. The molecule has 0 spiro atoms. The molecule has 2 heterocycles. The Morgan fingerprint density at radius 3 is 2.81 bits per heavy atom. The van der Waals surface area contributed by atoms with Crippen LogP contribution in [0.2, 0.25) is 5.02 Å². The van der Waals surface area contributed by atoms with Crippen LogP contribution in [0.3, 0.4) is 0 Å². The third kappa shape index (κ3) is 3.65. The molecule has 1 fully saturated rings. The van der Waals surface area contributed by atoms with Gasteiger partial charge in [-0.15, -0.1) is 0 Å². The molecular formula is C21H19ClFNO3. The average Bonchev–Trinajstić information content (AvgIpc) is 3.17. The number of benzene rings is 2. The zero-order chi connectivity index (χ0) is 18.8. The molecule has 2 aromatic carbocycles. The molecule has 0 radical (unpaired) electrons. The van der Waals surface area contributed by atoms with Crippen molar-refractivity contribution < 1.29 is 18.7 Å². The second-order valence-corrected chi connectivity index (χ2v) is 6.97. The van der Waals surface area contributed by atoms with E-state index in [4.69, 9.17) is 21.1 Å². The van der Waals surface area contributed by atoms with Gasteiger partial charge in [-0.05, 0) is 48.7 Å². The number of carbonyl (C=O) groups is 1. The van der Waals surface area contributed by atoms with E-state index >= 15 is 0 Å². The minimum atomic E-state index is -0.448. The number of carbonyl (C=O) groups excluding carboxylic acids is 1. The van der Waals surface area contributed by atoms with Gasteiger partial charge >= 0.3 is 0 Å². The lowest BCUT2D eigenvalue weighted by atomic mass is 10.0. The van der Waals surface area contributed by atoms with Crippen LogP contribution < -0.4 is 9.47 Å². The number of amides is 1. The van der Waals surface area contributed by atoms with Crippen molar-refractivity contribution in [2.24, 2.45) is 0 Å². The van der Waals surface area contributed by atoms with Crippen molar-refractivity contribution in [1.82, 2.24) is 4.90 Å². The summed E-state index contributed by atoms with van der Waals surface area (Å²) in [4.78, 5) is 14.5. The topological polar surface area (TPSA) is 38.8 Å². The molecule has 1 unspecified atom stereocenters. The van der Waals surface area contributed by atoms with Crippen molar-refractivity contribution >= 4 is 23.6 Å². The van der Waals surface area contributed by atoms with Crippen molar-refractivity contribution in [2.45, 2.75) is 18.9 Å². The molecule has 6 heteroatoms. The summed E-state index contributed by atoms with van der Waals surface area (Å²) in [5.41, 5.74) is 1.24. The maximum absolute atomic E-state index is 13.9. The first-order chi connectivity index (χ1) is 13.1. The number of nitrogens with zero attached hydrogens (tertiary/aromatic N) is 1. The van der Waals surface area contributed by atoms with Gasteiger partial charge in [-0.1, -0.05) is 23.7 Å². The Morgan fingerprint density at radius 2 is 2.00 bits per heavy atom. The number of ether oxygens (including phenoxy) is 2. The van der Waals surface area contributed by atoms with E-state index in [0.717, 1.165) is 24.2 Å². The summed E-state index contributed by atoms with van der Waals surface area (Å²) in [6.07, 6.45) is 4.62. The molecule has 4 nitrogen and oxygen atoms in total. The quantitative estimate of drug-likeness (QED) is 0.721. The van der Waals surface area contributed by atoms with Gasteiger partial charge in [0.1, 0.15) is 19.0 Å². The van der Waals surface area contributed by atoms with E-state index in [0.29, 0.717) is 25.5 Å². The molecule has 2 aromatic rings. The van der Waals surface area contributed by atoms with Crippen molar-refractivity contribution in [3.8, 4) is 11.5 Å². The second-order valence-electron chi connectivity index (χ2n) is 6.56. The molecule has 1 saturated heterocycles. The summed E-state index contributed by atoms with van der Waals surface area (Å²) < 4.78 is 25.1. The van der Waals surface area contributed by atoms with E-state index in [2.05, 4.69) is 0 Å². The molecule has 0 saturated carbocycles. The van der Waals surface area contributed by atoms with Crippen LogP contribution in [-0.2, 0) is 4.79 Å². The van der Waals surface area contributed by atoms with E-state index in [9.17, 15) is 9.18 Å². The van der Waals surface area contributed by atoms with Gasteiger partial charge in [-0.3, -0.25) is 4.79 Å². The molecule has 1 amide bonds. The summed E-state index contributed by atoms with van der Waals surface area (Å²) in [7, 11) is 0. The van der Waals surface area contributed by atoms with E-state index in [1.165, 1.54) is 24.3 Å². The SMILES string of the molecule is O=C(/C=C/c1c(F)cccc1Cl)N1CCCC1c1ccc2c(c1)OCCO2. The zero-order valence-corrected chi connectivity index (χ0v) is 15.4. The highest BCUT2D eigenvalue weighted by Gasteiger charge is 2.29. The standard InChI is InChI=1S/C21H19ClFNO3/c22-16-3-1-4-17(23)15(16)7-9-21(25)24-10-2-5-18(24)14-6-8-19-20(13-14)27-12-11-26-19/h1,3-4,6-9,13,18H,2,5,10-12H2/b9-7+. The van der Waals surface area contributed by atoms with Crippen LogP contribution in [-0.4, -0.2) is 30.6 Å². The van der Waals surface area contributed by atoms with Gasteiger partial charge in [0.25, 0.3) is 0 Å². The summed E-state index contributed by atoms with van der Waals surface area (Å²) in [5.74, 6) is 0.838. The van der Waals surface area contributed by atoms with Crippen LogP contribution >= 0.6 is 11.6 Å². The number of halogens is 2. The Kier molecular flexibility index (Phi) is 5.03. The largest absolute Gasteiger partial charge is 0.486 e. The minimum absolute atomic E-state index is 0.0333. The van der Waals surface area contributed by atoms with E-state index in [1.807, 2.05) is 18.2 Å². The first kappa shape index (κ1) is 17.9. The third-order valence-corrected chi connectivity index (χ3v) is 5.21. The van der Waals surface area contributed by atoms with Gasteiger partial charge in [0.05, 0.1) is 11.1 Å². The van der Waals surface area contributed by atoms with Crippen molar-refractivity contribution in [3.05, 3.63) is 64.4 Å². The molecule has 0 N–H and O–H groups in total. The highest BCUT2D eigenvalue weighted by Crippen LogP contribution is 2.38. The van der Waals surface area contributed by atoms with Crippen molar-refractivity contribution in [3.63, 3.8) is 0 Å². The Hall–Kier alpha value is -2.53. The first-order valence-corrected chi connectivity index (χ1v) is 9.33. The van der Waals surface area contributed by atoms with Crippen LogP contribution in [0.5, 0.6) is 11.5 Å². The van der Waals surface area contributed by atoms with Crippen LogP contribution in [0.15, 0.2) is 42.5 Å². The molecule has 2 aliphatic rings. The lowest BCUT2D eigenvalue weighted by Gasteiger charge is -2.26. The Bertz CT molecular complexity index is 879. The maximum atomic E-state index is 13.9. The molecule has 2 aliphatic heterocycles. The van der Waals surface area contributed by atoms with Gasteiger partial charge in [0.15, 0.2) is 11.5 Å². The number of likely N-dealkylation sites (tertiary alicyclic amines) is 1. The van der Waals surface area contributed by atoms with E-state index < -0.39 is 5.82 Å². The molecule has 4 rings (SSSR count). The zero-order valence-electron chi connectivity index (χ0n) is 14.7. The van der Waals surface area contributed by atoms with Gasteiger partial charge < -0.3 is 14.4 Å². The van der Waals surface area contributed by atoms with Crippen LogP contribution in [0.4, 0.5) is 4.39 Å². The summed E-state index contributed by atoms with van der Waals surface area (Å²) >= 11 is 6.02. The fourth-order valence-corrected chi connectivity index (χ4v) is 3.79. The Balaban J connectivity index is 1.54. The predicted octanol–water partition coefficient (Wildman–Crippen LogP) is 4.63. The fourth-order valence-electron chi connectivity index (χ4n) is 3.56. The van der Waals surface area contributed by atoms with Gasteiger partial charge in [0, 0.05) is 18.2 Å². The number of hydrogen-bond acceptors (Lipinski definition) is 3. The van der Waals surface area contributed by atoms with Gasteiger partial charge in [-0.2, -0.15) is 0 Å². The first-order valence-electron chi connectivity index (χ1n) is 8.96. The number of rotatable bonds is 3. The Morgan fingerprint density at radius 1 is 1.19 bits per heavy atom. The third-order valence-electron chi connectivity index (χ3n) is 4.88. The molecule has 0 aromatic heterocycles. The summed E-state index contributed by atoms with van der Waals surface area (Å²) in [6, 6.07) is 10.2. The van der Waals surface area contributed by atoms with Crippen LogP contribution in [0, 0.1) is 5.82 Å².